The third-order valence-electron chi connectivity index (χ3n) is 5.91. The number of methoxy groups -OCH3 is 1. The Labute approximate surface area is 184 Å². The van der Waals surface area contributed by atoms with Gasteiger partial charge in [0.1, 0.15) is 6.33 Å². The van der Waals surface area contributed by atoms with Crippen LogP contribution in [-0.2, 0) is 4.74 Å². The maximum absolute atomic E-state index is 13.0. The lowest BCUT2D eigenvalue weighted by Gasteiger charge is -2.29. The van der Waals surface area contributed by atoms with Gasteiger partial charge in [-0.15, -0.1) is 5.10 Å². The summed E-state index contributed by atoms with van der Waals surface area (Å²) < 4.78 is 25.5. The quantitative estimate of drug-likeness (QED) is 0.479. The number of aromatic nitrogens is 5. The van der Waals surface area contributed by atoms with Crippen LogP contribution in [0.25, 0.3) is 27.5 Å². The first-order chi connectivity index (χ1) is 15.6. The number of fused-ring (bicyclic) bond motifs is 2. The second kappa shape index (κ2) is 8.66. The highest BCUT2D eigenvalue weighted by atomic mass is 19.1. The fraction of sp³-hybridized carbons (Fsp3) is 0.391. The summed E-state index contributed by atoms with van der Waals surface area (Å²) in [4.78, 5) is 13.0. The van der Waals surface area contributed by atoms with Crippen LogP contribution in [-0.4, -0.2) is 50.2 Å². The number of alkyl halides is 1. The summed E-state index contributed by atoms with van der Waals surface area (Å²) in [5.74, 6) is 1.13. The van der Waals surface area contributed by atoms with E-state index in [2.05, 4.69) is 25.4 Å². The lowest BCUT2D eigenvalue weighted by atomic mass is 9.93. The summed E-state index contributed by atoms with van der Waals surface area (Å²) >= 11 is 0. The molecule has 166 valence electrons. The van der Waals surface area contributed by atoms with E-state index < -0.39 is 6.36 Å². The molecule has 0 bridgehead atoms. The van der Waals surface area contributed by atoms with E-state index >= 15 is 0 Å². The Balaban J connectivity index is 1.35. The molecule has 32 heavy (non-hydrogen) atoms. The van der Waals surface area contributed by atoms with Crippen LogP contribution in [0, 0.1) is 0 Å². The van der Waals surface area contributed by atoms with Crippen LogP contribution in [0.4, 0.5) is 10.3 Å². The Morgan fingerprint density at radius 2 is 1.97 bits per heavy atom. The van der Waals surface area contributed by atoms with E-state index in [1.165, 1.54) is 13.3 Å². The molecule has 1 aliphatic rings. The number of anilines is 1. The van der Waals surface area contributed by atoms with E-state index in [1.54, 1.807) is 7.11 Å². The maximum atomic E-state index is 13.0. The van der Waals surface area contributed by atoms with Crippen molar-refractivity contribution >= 4 is 22.4 Å². The molecular formula is C23H25FN6O2. The molecule has 8 nitrogen and oxygen atoms in total. The van der Waals surface area contributed by atoms with E-state index in [0.29, 0.717) is 11.8 Å². The highest BCUT2D eigenvalue weighted by Crippen LogP contribution is 2.31. The van der Waals surface area contributed by atoms with Gasteiger partial charge in [-0.05, 0) is 56.4 Å². The van der Waals surface area contributed by atoms with E-state index in [0.717, 1.165) is 53.2 Å². The molecule has 0 aliphatic heterocycles. The molecule has 1 aromatic carbocycles. The van der Waals surface area contributed by atoms with Gasteiger partial charge in [0.15, 0.2) is 6.36 Å². The Morgan fingerprint density at radius 3 is 2.75 bits per heavy atom. The molecule has 1 fully saturated rings. The van der Waals surface area contributed by atoms with Gasteiger partial charge in [-0.25, -0.2) is 23.9 Å². The SMILES string of the molecule is COc1ncnc2ccc(-c3ccn4nc(NC5CCC(OC(C)F)CC5)ncc34)cc12. The average molecular weight is 436 g/mol. The van der Waals surface area contributed by atoms with Crippen molar-refractivity contribution in [2.45, 2.75) is 51.1 Å². The van der Waals surface area contributed by atoms with Crippen molar-refractivity contribution in [3.8, 4) is 17.0 Å². The lowest BCUT2D eigenvalue weighted by molar-refractivity contribution is -0.0862. The zero-order valence-electron chi connectivity index (χ0n) is 18.0. The standard InChI is InChI=1S/C23H25FN6O2/c1-14(24)32-17-6-4-16(5-7-17)28-23-25-12-21-18(9-10-30(21)29-23)15-3-8-20-19(11-15)22(31-2)27-13-26-20/h3,8-14,16-17H,4-7H2,1-2H3,(H,28,29). The number of rotatable bonds is 6. The first-order valence-corrected chi connectivity index (χ1v) is 10.8. The Bertz CT molecular complexity index is 1240. The van der Waals surface area contributed by atoms with Crippen LogP contribution in [0.5, 0.6) is 5.88 Å². The Hall–Kier alpha value is -3.33. The first kappa shape index (κ1) is 20.6. The summed E-state index contributed by atoms with van der Waals surface area (Å²) in [5.41, 5.74) is 3.76. The Kier molecular flexibility index (Phi) is 5.57. The minimum Gasteiger partial charge on any atom is -0.480 e. The van der Waals surface area contributed by atoms with Crippen LogP contribution >= 0.6 is 0 Å². The predicted molar refractivity (Wildman–Crippen MR) is 119 cm³/mol. The molecule has 1 atom stereocenters. The second-order valence-corrected chi connectivity index (χ2v) is 8.05. The molecule has 1 aliphatic carbocycles. The molecule has 5 rings (SSSR count). The third-order valence-corrected chi connectivity index (χ3v) is 5.91. The Morgan fingerprint density at radius 1 is 1.12 bits per heavy atom. The molecule has 0 spiro atoms. The molecular weight excluding hydrogens is 411 g/mol. The van der Waals surface area contributed by atoms with Crippen LogP contribution < -0.4 is 10.1 Å². The van der Waals surface area contributed by atoms with Gasteiger partial charge in [-0.1, -0.05) is 6.07 Å². The second-order valence-electron chi connectivity index (χ2n) is 8.05. The first-order valence-electron chi connectivity index (χ1n) is 10.8. The molecule has 1 saturated carbocycles. The average Bonchev–Trinajstić information content (AvgIpc) is 3.22. The van der Waals surface area contributed by atoms with Gasteiger partial charge in [0, 0.05) is 17.8 Å². The molecule has 3 aromatic heterocycles. The number of nitrogens with zero attached hydrogens (tertiary/aromatic N) is 5. The predicted octanol–water partition coefficient (Wildman–Crippen LogP) is 4.40. The molecule has 1 N–H and O–H groups in total. The van der Waals surface area contributed by atoms with Gasteiger partial charge in [-0.2, -0.15) is 0 Å². The number of hydrogen-bond acceptors (Lipinski definition) is 7. The number of nitrogens with one attached hydrogen (secondary N) is 1. The van der Waals surface area contributed by atoms with Crippen molar-refractivity contribution < 1.29 is 13.9 Å². The molecule has 0 amide bonds. The monoisotopic (exact) mass is 436 g/mol. The lowest BCUT2D eigenvalue weighted by Crippen LogP contribution is -2.31. The number of ether oxygens (including phenoxy) is 2. The van der Waals surface area contributed by atoms with Crippen LogP contribution in [0.3, 0.4) is 0 Å². The van der Waals surface area contributed by atoms with E-state index in [1.807, 2.05) is 41.2 Å². The zero-order valence-corrected chi connectivity index (χ0v) is 18.0. The van der Waals surface area contributed by atoms with Crippen LogP contribution in [0.2, 0.25) is 0 Å². The third kappa shape index (κ3) is 4.08. The van der Waals surface area contributed by atoms with E-state index in [9.17, 15) is 4.39 Å². The number of hydrogen-bond donors (Lipinski definition) is 1. The molecule has 4 aromatic rings. The smallest absolute Gasteiger partial charge is 0.241 e. The number of halogens is 1. The van der Waals surface area contributed by atoms with Gasteiger partial charge < -0.3 is 14.8 Å². The van der Waals surface area contributed by atoms with Crippen LogP contribution in [0.1, 0.15) is 32.6 Å². The minimum absolute atomic E-state index is 0.00515. The fourth-order valence-corrected chi connectivity index (χ4v) is 4.36. The summed E-state index contributed by atoms with van der Waals surface area (Å²) in [6, 6.07) is 8.28. The van der Waals surface area contributed by atoms with Crippen molar-refractivity contribution in [1.82, 2.24) is 24.6 Å². The number of benzene rings is 1. The maximum Gasteiger partial charge on any atom is 0.241 e. The van der Waals surface area contributed by atoms with Gasteiger partial charge in [0.2, 0.25) is 11.8 Å². The summed E-state index contributed by atoms with van der Waals surface area (Å²) in [7, 11) is 1.60. The summed E-state index contributed by atoms with van der Waals surface area (Å²) in [6.45, 7) is 1.43. The van der Waals surface area contributed by atoms with Gasteiger partial charge in [0.05, 0.1) is 35.8 Å². The molecule has 1 unspecified atom stereocenters. The van der Waals surface area contributed by atoms with Gasteiger partial charge >= 0.3 is 0 Å². The summed E-state index contributed by atoms with van der Waals surface area (Å²) in [5, 5.41) is 8.90. The highest BCUT2D eigenvalue weighted by molar-refractivity contribution is 5.91. The summed E-state index contributed by atoms with van der Waals surface area (Å²) in [6.07, 6.45) is 7.49. The fourth-order valence-electron chi connectivity index (χ4n) is 4.36. The van der Waals surface area contributed by atoms with Crippen molar-refractivity contribution in [2.75, 3.05) is 12.4 Å². The molecule has 3 heterocycles. The van der Waals surface area contributed by atoms with Crippen molar-refractivity contribution in [3.63, 3.8) is 0 Å². The molecule has 0 saturated heterocycles. The molecule has 0 radical (unpaired) electrons. The van der Waals surface area contributed by atoms with Crippen LogP contribution in [0.15, 0.2) is 43.0 Å². The van der Waals surface area contributed by atoms with Crippen molar-refractivity contribution in [3.05, 3.63) is 43.0 Å². The largest absolute Gasteiger partial charge is 0.480 e. The zero-order chi connectivity index (χ0) is 22.1. The topological polar surface area (TPSA) is 86.5 Å². The van der Waals surface area contributed by atoms with Crippen molar-refractivity contribution in [2.24, 2.45) is 0 Å². The van der Waals surface area contributed by atoms with Gasteiger partial charge in [0.25, 0.3) is 0 Å². The van der Waals surface area contributed by atoms with Crippen molar-refractivity contribution in [1.29, 1.82) is 0 Å². The normalized spacial score (nSPS) is 19.8. The highest BCUT2D eigenvalue weighted by Gasteiger charge is 2.23. The van der Waals surface area contributed by atoms with E-state index in [-0.39, 0.29) is 12.1 Å². The van der Waals surface area contributed by atoms with Gasteiger partial charge in [-0.3, -0.25) is 0 Å². The van der Waals surface area contributed by atoms with E-state index in [4.69, 9.17) is 9.47 Å². The minimum atomic E-state index is -1.21. The molecule has 9 heteroatoms.